The summed E-state index contributed by atoms with van der Waals surface area (Å²) in [4.78, 5) is 0. The Morgan fingerprint density at radius 3 is 2.80 bits per heavy atom. The summed E-state index contributed by atoms with van der Waals surface area (Å²) in [5, 5.41) is 1.78. The SMILES string of the molecule is CC1CN(S(=O)(=O)c2cccs2)Cc2ccccc2O1. The van der Waals surface area contributed by atoms with E-state index in [0.29, 0.717) is 17.3 Å². The molecule has 1 aromatic carbocycles. The Hall–Kier alpha value is -1.37. The minimum atomic E-state index is -3.45. The van der Waals surface area contributed by atoms with Crippen molar-refractivity contribution in [3.8, 4) is 5.75 Å². The van der Waals surface area contributed by atoms with Gasteiger partial charge in [0.1, 0.15) is 16.1 Å². The van der Waals surface area contributed by atoms with E-state index in [2.05, 4.69) is 0 Å². The number of benzene rings is 1. The first-order valence-corrected chi connectivity index (χ1v) is 8.67. The third-order valence-corrected chi connectivity index (χ3v) is 6.38. The van der Waals surface area contributed by atoms with E-state index in [0.717, 1.165) is 11.3 Å². The lowest BCUT2D eigenvalue weighted by atomic mass is 10.2. The molecular formula is C14H15NO3S2. The molecule has 0 aliphatic carbocycles. The van der Waals surface area contributed by atoms with Gasteiger partial charge in [-0.15, -0.1) is 11.3 Å². The fraction of sp³-hybridized carbons (Fsp3) is 0.286. The molecule has 3 rings (SSSR count). The Kier molecular flexibility index (Phi) is 3.54. The molecule has 1 aromatic heterocycles. The smallest absolute Gasteiger partial charge is 0.252 e. The van der Waals surface area contributed by atoms with Crippen LogP contribution in [-0.4, -0.2) is 25.4 Å². The van der Waals surface area contributed by atoms with E-state index in [1.54, 1.807) is 17.5 Å². The number of hydrogen-bond donors (Lipinski definition) is 0. The Bertz CT molecular complexity index is 695. The molecule has 0 bridgehead atoms. The summed E-state index contributed by atoms with van der Waals surface area (Å²) >= 11 is 1.24. The molecule has 106 valence electrons. The molecule has 0 N–H and O–H groups in total. The maximum absolute atomic E-state index is 12.6. The van der Waals surface area contributed by atoms with Crippen LogP contribution in [0, 0.1) is 0 Å². The Balaban J connectivity index is 1.99. The minimum absolute atomic E-state index is 0.173. The summed E-state index contributed by atoms with van der Waals surface area (Å²) in [7, 11) is -3.45. The van der Waals surface area contributed by atoms with Gasteiger partial charge in [-0.05, 0) is 24.4 Å². The number of para-hydroxylation sites is 1. The monoisotopic (exact) mass is 309 g/mol. The Morgan fingerprint density at radius 2 is 2.05 bits per heavy atom. The van der Waals surface area contributed by atoms with E-state index in [1.165, 1.54) is 15.6 Å². The lowest BCUT2D eigenvalue weighted by Gasteiger charge is -2.20. The van der Waals surface area contributed by atoms with Gasteiger partial charge in [0.2, 0.25) is 0 Å². The molecule has 1 unspecified atom stereocenters. The molecule has 1 aliphatic heterocycles. The largest absolute Gasteiger partial charge is 0.489 e. The quantitative estimate of drug-likeness (QED) is 0.857. The molecule has 20 heavy (non-hydrogen) atoms. The molecule has 0 spiro atoms. The summed E-state index contributed by atoms with van der Waals surface area (Å²) in [5.74, 6) is 0.767. The molecule has 1 atom stereocenters. The third kappa shape index (κ3) is 2.46. The normalized spacial score (nSPS) is 19.9. The van der Waals surface area contributed by atoms with E-state index in [-0.39, 0.29) is 6.10 Å². The first-order valence-electron chi connectivity index (χ1n) is 6.35. The second-order valence-corrected chi connectivity index (χ2v) is 7.88. The Labute approximate surface area is 122 Å². The van der Waals surface area contributed by atoms with Crippen LogP contribution in [0.25, 0.3) is 0 Å². The van der Waals surface area contributed by atoms with Crippen LogP contribution < -0.4 is 4.74 Å². The maximum atomic E-state index is 12.6. The summed E-state index contributed by atoms with van der Waals surface area (Å²) in [5.41, 5.74) is 0.900. The van der Waals surface area contributed by atoms with Gasteiger partial charge in [0, 0.05) is 12.1 Å². The third-order valence-electron chi connectivity index (χ3n) is 3.20. The van der Waals surface area contributed by atoms with Crippen LogP contribution in [-0.2, 0) is 16.6 Å². The van der Waals surface area contributed by atoms with Crippen LogP contribution in [0.3, 0.4) is 0 Å². The van der Waals surface area contributed by atoms with Crippen molar-refractivity contribution in [3.05, 3.63) is 47.3 Å². The lowest BCUT2D eigenvalue weighted by molar-refractivity contribution is 0.201. The standard InChI is InChI=1S/C14H15NO3S2/c1-11-9-15(20(16,17)14-7-4-8-19-14)10-12-5-2-3-6-13(12)18-11/h2-8,11H,9-10H2,1H3. The zero-order chi connectivity index (χ0) is 14.2. The van der Waals surface area contributed by atoms with Crippen molar-refractivity contribution in [2.75, 3.05) is 6.54 Å². The molecule has 1 aliphatic rings. The van der Waals surface area contributed by atoms with Crippen LogP contribution in [0.15, 0.2) is 46.0 Å². The van der Waals surface area contributed by atoms with Gasteiger partial charge in [-0.1, -0.05) is 24.3 Å². The number of thiophene rings is 1. The first-order chi connectivity index (χ1) is 9.57. The molecule has 0 fully saturated rings. The van der Waals surface area contributed by atoms with E-state index < -0.39 is 10.0 Å². The maximum Gasteiger partial charge on any atom is 0.252 e. The zero-order valence-corrected chi connectivity index (χ0v) is 12.7. The molecule has 0 saturated heterocycles. The number of ether oxygens (including phenoxy) is 1. The molecule has 4 nitrogen and oxygen atoms in total. The summed E-state index contributed by atoms with van der Waals surface area (Å²) in [6, 6.07) is 11.0. The number of nitrogens with zero attached hydrogens (tertiary/aromatic N) is 1. The molecule has 0 saturated carbocycles. The highest BCUT2D eigenvalue weighted by Crippen LogP contribution is 2.29. The van der Waals surface area contributed by atoms with Crippen molar-refractivity contribution < 1.29 is 13.2 Å². The molecule has 2 aromatic rings. The summed E-state index contributed by atoms with van der Waals surface area (Å²) < 4.78 is 32.9. The van der Waals surface area contributed by atoms with Crippen molar-refractivity contribution in [2.45, 2.75) is 23.8 Å². The van der Waals surface area contributed by atoms with Crippen molar-refractivity contribution in [2.24, 2.45) is 0 Å². The highest BCUT2D eigenvalue weighted by atomic mass is 32.2. The fourth-order valence-corrected chi connectivity index (χ4v) is 4.90. The van der Waals surface area contributed by atoms with Gasteiger partial charge in [-0.25, -0.2) is 8.42 Å². The van der Waals surface area contributed by atoms with Gasteiger partial charge in [0.15, 0.2) is 0 Å². The van der Waals surface area contributed by atoms with Gasteiger partial charge < -0.3 is 4.74 Å². The van der Waals surface area contributed by atoms with Crippen molar-refractivity contribution in [3.63, 3.8) is 0 Å². The average Bonchev–Trinajstić information content (AvgIpc) is 2.89. The van der Waals surface area contributed by atoms with Gasteiger partial charge in [0.05, 0.1) is 6.54 Å². The van der Waals surface area contributed by atoms with E-state index in [1.807, 2.05) is 31.2 Å². The van der Waals surface area contributed by atoms with Crippen LogP contribution in [0.1, 0.15) is 12.5 Å². The van der Waals surface area contributed by atoms with Crippen LogP contribution in [0.4, 0.5) is 0 Å². The van der Waals surface area contributed by atoms with Crippen LogP contribution in [0.5, 0.6) is 5.75 Å². The highest BCUT2D eigenvalue weighted by molar-refractivity contribution is 7.91. The molecule has 2 heterocycles. The predicted octanol–water partition coefficient (Wildman–Crippen LogP) is 2.72. The second-order valence-electron chi connectivity index (χ2n) is 4.77. The fourth-order valence-electron chi connectivity index (χ4n) is 2.27. The lowest BCUT2D eigenvalue weighted by Crippen LogP contribution is -2.35. The summed E-state index contributed by atoms with van der Waals surface area (Å²) in [6.07, 6.45) is -0.173. The average molecular weight is 309 g/mol. The highest BCUT2D eigenvalue weighted by Gasteiger charge is 2.30. The summed E-state index contributed by atoms with van der Waals surface area (Å²) in [6.45, 7) is 2.59. The Morgan fingerprint density at radius 1 is 1.25 bits per heavy atom. The van der Waals surface area contributed by atoms with Crippen molar-refractivity contribution in [1.82, 2.24) is 4.31 Å². The number of fused-ring (bicyclic) bond motifs is 1. The second kappa shape index (κ2) is 5.20. The van der Waals surface area contributed by atoms with Gasteiger partial charge >= 0.3 is 0 Å². The molecular weight excluding hydrogens is 294 g/mol. The van der Waals surface area contributed by atoms with Crippen LogP contribution >= 0.6 is 11.3 Å². The van der Waals surface area contributed by atoms with Crippen LogP contribution in [0.2, 0.25) is 0 Å². The van der Waals surface area contributed by atoms with Crippen molar-refractivity contribution >= 4 is 21.4 Å². The number of hydrogen-bond acceptors (Lipinski definition) is 4. The topological polar surface area (TPSA) is 46.6 Å². The number of rotatable bonds is 2. The van der Waals surface area contributed by atoms with E-state index in [4.69, 9.17) is 4.74 Å². The number of sulfonamides is 1. The zero-order valence-electron chi connectivity index (χ0n) is 11.0. The van der Waals surface area contributed by atoms with Gasteiger partial charge in [-0.3, -0.25) is 0 Å². The predicted molar refractivity (Wildman–Crippen MR) is 78.4 cm³/mol. The molecule has 0 radical (unpaired) electrons. The minimum Gasteiger partial charge on any atom is -0.489 e. The first kappa shape index (κ1) is 13.6. The van der Waals surface area contributed by atoms with Crippen molar-refractivity contribution in [1.29, 1.82) is 0 Å². The molecule has 0 amide bonds. The van der Waals surface area contributed by atoms with Gasteiger partial charge in [-0.2, -0.15) is 4.31 Å². The van der Waals surface area contributed by atoms with E-state index >= 15 is 0 Å². The molecule has 6 heteroatoms. The van der Waals surface area contributed by atoms with E-state index in [9.17, 15) is 8.42 Å². The van der Waals surface area contributed by atoms with Gasteiger partial charge in [0.25, 0.3) is 10.0 Å².